The van der Waals surface area contributed by atoms with Crippen molar-refractivity contribution in [3.63, 3.8) is 0 Å². The summed E-state index contributed by atoms with van der Waals surface area (Å²) in [5, 5.41) is 0. The normalized spacial score (nSPS) is 29.2. The monoisotopic (exact) mass is 277 g/mol. The molecule has 0 aliphatic carbocycles. The van der Waals surface area contributed by atoms with E-state index in [1.54, 1.807) is 0 Å². The van der Waals surface area contributed by atoms with Crippen molar-refractivity contribution in [2.24, 2.45) is 11.7 Å². The van der Waals surface area contributed by atoms with Gasteiger partial charge >= 0.3 is 6.09 Å². The predicted octanol–water partition coefficient (Wildman–Crippen LogP) is 1.99. The van der Waals surface area contributed by atoms with Crippen LogP contribution in [0, 0.1) is 5.92 Å². The fraction of sp³-hybridized carbons (Fsp3) is 0.917. The SMILES string of the molecule is CCCSCC(C)C1(C)OCC(COC(N)=O)O1. The quantitative estimate of drug-likeness (QED) is 0.721. The fourth-order valence-corrected chi connectivity index (χ4v) is 2.84. The Kier molecular flexibility index (Phi) is 6.25. The zero-order valence-corrected chi connectivity index (χ0v) is 12.1. The maximum atomic E-state index is 10.5. The lowest BCUT2D eigenvalue weighted by molar-refractivity contribution is -0.184. The second-order valence-electron chi connectivity index (χ2n) is 4.67. The zero-order valence-electron chi connectivity index (χ0n) is 11.3. The number of carbonyl (C=O) groups excluding carboxylic acids is 1. The van der Waals surface area contributed by atoms with Crippen molar-refractivity contribution < 1.29 is 19.0 Å². The van der Waals surface area contributed by atoms with E-state index in [0.29, 0.717) is 6.61 Å². The number of ether oxygens (including phenoxy) is 3. The fourth-order valence-electron chi connectivity index (χ4n) is 1.73. The Labute approximate surface area is 113 Å². The van der Waals surface area contributed by atoms with Gasteiger partial charge < -0.3 is 19.9 Å². The number of carbonyl (C=O) groups is 1. The summed E-state index contributed by atoms with van der Waals surface area (Å²) in [4.78, 5) is 10.5. The van der Waals surface area contributed by atoms with E-state index in [-0.39, 0.29) is 18.6 Å². The van der Waals surface area contributed by atoms with E-state index in [9.17, 15) is 4.79 Å². The van der Waals surface area contributed by atoms with Gasteiger partial charge in [0.15, 0.2) is 5.79 Å². The number of rotatable bonds is 7. The Hall–Kier alpha value is -0.460. The summed E-state index contributed by atoms with van der Waals surface area (Å²) >= 11 is 1.90. The van der Waals surface area contributed by atoms with Crippen molar-refractivity contribution in [1.82, 2.24) is 0 Å². The molecular formula is C12H23NO4S. The van der Waals surface area contributed by atoms with Gasteiger partial charge in [0.05, 0.1) is 6.61 Å². The molecule has 1 heterocycles. The van der Waals surface area contributed by atoms with Crippen LogP contribution >= 0.6 is 11.8 Å². The van der Waals surface area contributed by atoms with Gasteiger partial charge in [-0.05, 0) is 19.1 Å². The molecule has 1 aliphatic heterocycles. The number of amides is 1. The first kappa shape index (κ1) is 15.6. The van der Waals surface area contributed by atoms with Gasteiger partial charge in [-0.25, -0.2) is 4.79 Å². The number of hydrogen-bond donors (Lipinski definition) is 1. The minimum absolute atomic E-state index is 0.153. The molecule has 18 heavy (non-hydrogen) atoms. The number of primary amides is 1. The molecule has 0 aromatic heterocycles. The van der Waals surface area contributed by atoms with Gasteiger partial charge in [0, 0.05) is 11.7 Å². The second kappa shape index (κ2) is 7.21. The van der Waals surface area contributed by atoms with Crippen LogP contribution in [0.4, 0.5) is 4.79 Å². The summed E-state index contributed by atoms with van der Waals surface area (Å²) in [6.07, 6.45) is 0.171. The molecule has 0 bridgehead atoms. The lowest BCUT2D eigenvalue weighted by atomic mass is 10.1. The van der Waals surface area contributed by atoms with E-state index >= 15 is 0 Å². The third kappa shape index (κ3) is 4.66. The summed E-state index contributed by atoms with van der Waals surface area (Å²) in [7, 11) is 0. The van der Waals surface area contributed by atoms with Crippen LogP contribution in [-0.2, 0) is 14.2 Å². The van der Waals surface area contributed by atoms with Crippen LogP contribution in [0.3, 0.4) is 0 Å². The van der Waals surface area contributed by atoms with Crippen molar-refractivity contribution in [2.45, 2.75) is 39.1 Å². The summed E-state index contributed by atoms with van der Waals surface area (Å²) in [5.41, 5.74) is 4.92. The van der Waals surface area contributed by atoms with E-state index < -0.39 is 11.9 Å². The Morgan fingerprint density at radius 3 is 3.00 bits per heavy atom. The lowest BCUT2D eigenvalue weighted by Gasteiger charge is -2.30. The molecule has 0 radical (unpaired) electrons. The molecular weight excluding hydrogens is 254 g/mol. The molecule has 0 spiro atoms. The smallest absolute Gasteiger partial charge is 0.404 e. The molecule has 106 valence electrons. The van der Waals surface area contributed by atoms with Gasteiger partial charge in [0.1, 0.15) is 12.7 Å². The summed E-state index contributed by atoms with van der Waals surface area (Å²) in [6.45, 7) is 6.81. The molecule has 3 unspecified atom stereocenters. The standard InChI is InChI=1S/C12H23NO4S/c1-4-5-18-8-9(2)12(3)16-7-10(17-12)6-15-11(13)14/h9-10H,4-8H2,1-3H3,(H2,13,14). The van der Waals surface area contributed by atoms with Crippen LogP contribution in [0.5, 0.6) is 0 Å². The number of thioether (sulfide) groups is 1. The van der Waals surface area contributed by atoms with E-state index in [1.165, 1.54) is 6.42 Å². The third-order valence-electron chi connectivity index (χ3n) is 2.98. The van der Waals surface area contributed by atoms with Crippen LogP contribution in [0.1, 0.15) is 27.2 Å². The molecule has 1 aliphatic rings. The maximum absolute atomic E-state index is 10.5. The van der Waals surface area contributed by atoms with Crippen molar-refractivity contribution in [3.8, 4) is 0 Å². The van der Waals surface area contributed by atoms with Crippen LogP contribution in [0.2, 0.25) is 0 Å². The summed E-state index contributed by atoms with van der Waals surface area (Å²) in [6, 6.07) is 0. The summed E-state index contributed by atoms with van der Waals surface area (Å²) < 4.78 is 16.3. The van der Waals surface area contributed by atoms with Crippen LogP contribution in [0.25, 0.3) is 0 Å². The highest BCUT2D eigenvalue weighted by Gasteiger charge is 2.42. The van der Waals surface area contributed by atoms with E-state index in [4.69, 9.17) is 19.9 Å². The third-order valence-corrected chi connectivity index (χ3v) is 4.41. The minimum atomic E-state index is -0.779. The molecule has 3 atom stereocenters. The average molecular weight is 277 g/mol. The topological polar surface area (TPSA) is 70.8 Å². The van der Waals surface area contributed by atoms with Crippen molar-refractivity contribution in [2.75, 3.05) is 24.7 Å². The second-order valence-corrected chi connectivity index (χ2v) is 5.82. The zero-order chi connectivity index (χ0) is 13.6. The van der Waals surface area contributed by atoms with E-state index in [0.717, 1.165) is 11.5 Å². The molecule has 1 saturated heterocycles. The van der Waals surface area contributed by atoms with Gasteiger partial charge in [-0.15, -0.1) is 0 Å². The molecule has 0 aromatic carbocycles. The lowest BCUT2D eigenvalue weighted by Crippen LogP contribution is -2.37. The molecule has 0 saturated carbocycles. The Bertz CT molecular complexity index is 277. The van der Waals surface area contributed by atoms with E-state index in [1.807, 2.05) is 18.7 Å². The molecule has 1 rings (SSSR count). The predicted molar refractivity (Wildman–Crippen MR) is 71.5 cm³/mol. The van der Waals surface area contributed by atoms with Crippen LogP contribution in [0.15, 0.2) is 0 Å². The molecule has 1 amide bonds. The van der Waals surface area contributed by atoms with Gasteiger partial charge in [0.2, 0.25) is 0 Å². The van der Waals surface area contributed by atoms with Crippen molar-refractivity contribution >= 4 is 17.9 Å². The Morgan fingerprint density at radius 1 is 1.67 bits per heavy atom. The first-order valence-electron chi connectivity index (χ1n) is 6.29. The van der Waals surface area contributed by atoms with E-state index in [2.05, 4.69) is 13.8 Å². The maximum Gasteiger partial charge on any atom is 0.404 e. The van der Waals surface area contributed by atoms with Gasteiger partial charge in [0.25, 0.3) is 0 Å². The first-order valence-corrected chi connectivity index (χ1v) is 7.45. The Balaban J connectivity index is 2.34. The molecule has 1 fully saturated rings. The Morgan fingerprint density at radius 2 is 2.39 bits per heavy atom. The molecule has 5 nitrogen and oxygen atoms in total. The minimum Gasteiger partial charge on any atom is -0.447 e. The van der Waals surface area contributed by atoms with Gasteiger partial charge in [-0.2, -0.15) is 11.8 Å². The highest BCUT2D eigenvalue weighted by atomic mass is 32.2. The average Bonchev–Trinajstić information content (AvgIpc) is 2.70. The largest absolute Gasteiger partial charge is 0.447 e. The molecule has 2 N–H and O–H groups in total. The number of hydrogen-bond acceptors (Lipinski definition) is 5. The highest BCUT2D eigenvalue weighted by Crippen LogP contribution is 2.33. The van der Waals surface area contributed by atoms with Gasteiger partial charge in [-0.1, -0.05) is 13.8 Å². The van der Waals surface area contributed by atoms with Crippen molar-refractivity contribution in [1.29, 1.82) is 0 Å². The van der Waals surface area contributed by atoms with Gasteiger partial charge in [-0.3, -0.25) is 0 Å². The molecule has 0 aromatic rings. The molecule has 6 heteroatoms. The first-order chi connectivity index (χ1) is 8.48. The number of nitrogens with two attached hydrogens (primary N) is 1. The van der Waals surface area contributed by atoms with Crippen molar-refractivity contribution in [3.05, 3.63) is 0 Å². The van der Waals surface area contributed by atoms with Crippen LogP contribution in [-0.4, -0.2) is 42.7 Å². The summed E-state index contributed by atoms with van der Waals surface area (Å²) in [5.74, 6) is 1.84. The van der Waals surface area contributed by atoms with Crippen LogP contribution < -0.4 is 5.73 Å². The highest BCUT2D eigenvalue weighted by molar-refractivity contribution is 7.99.